The fourth-order valence-corrected chi connectivity index (χ4v) is 5.90. The molecule has 1 aromatic rings. The molecule has 1 aliphatic carbocycles. The van der Waals surface area contributed by atoms with Gasteiger partial charge >= 0.3 is 5.97 Å². The lowest BCUT2D eigenvalue weighted by Gasteiger charge is -2.52. The van der Waals surface area contributed by atoms with Crippen LogP contribution in [0.25, 0.3) is 0 Å². The predicted octanol–water partition coefficient (Wildman–Crippen LogP) is 2.33. The average molecular weight is 487 g/mol. The summed E-state index contributed by atoms with van der Waals surface area (Å²) in [5.41, 5.74) is -0.796. The number of hydrogen-bond donors (Lipinski definition) is 3. The van der Waals surface area contributed by atoms with Crippen molar-refractivity contribution >= 4 is 17.8 Å². The van der Waals surface area contributed by atoms with Gasteiger partial charge in [-0.15, -0.1) is 0 Å². The van der Waals surface area contributed by atoms with E-state index < -0.39 is 23.2 Å². The van der Waals surface area contributed by atoms with Gasteiger partial charge in [0, 0.05) is 38.8 Å². The van der Waals surface area contributed by atoms with Gasteiger partial charge in [-0.1, -0.05) is 32.6 Å². The summed E-state index contributed by atoms with van der Waals surface area (Å²) in [5.74, 6) is -1.16. The van der Waals surface area contributed by atoms with E-state index >= 15 is 0 Å². The van der Waals surface area contributed by atoms with Crippen molar-refractivity contribution in [2.24, 2.45) is 0 Å². The van der Waals surface area contributed by atoms with Gasteiger partial charge < -0.3 is 20.4 Å². The van der Waals surface area contributed by atoms with E-state index in [4.69, 9.17) is 5.11 Å². The third-order valence-electron chi connectivity index (χ3n) is 8.05. The summed E-state index contributed by atoms with van der Waals surface area (Å²) in [6, 6.07) is 2.61. The van der Waals surface area contributed by atoms with Gasteiger partial charge in [-0.2, -0.15) is 0 Å². The number of likely N-dealkylation sites (tertiary alicyclic amines) is 1. The van der Waals surface area contributed by atoms with Gasteiger partial charge in [-0.05, 0) is 44.2 Å². The first-order chi connectivity index (χ1) is 16.8. The second kappa shape index (κ2) is 10.6. The molecule has 3 heterocycles. The number of aromatic carboxylic acids is 1. The number of piperazine rings is 1. The molecule has 1 aromatic heterocycles. The van der Waals surface area contributed by atoms with Gasteiger partial charge in [0.2, 0.25) is 11.8 Å². The van der Waals surface area contributed by atoms with Crippen LogP contribution in [0.15, 0.2) is 18.3 Å². The molecule has 1 saturated carbocycles. The molecule has 9 nitrogen and oxygen atoms in total. The van der Waals surface area contributed by atoms with E-state index in [1.165, 1.54) is 6.20 Å². The van der Waals surface area contributed by atoms with Crippen LogP contribution in [0.1, 0.15) is 87.2 Å². The first-order valence-corrected chi connectivity index (χ1v) is 13.0. The van der Waals surface area contributed by atoms with Crippen LogP contribution in [0.4, 0.5) is 0 Å². The predicted molar refractivity (Wildman–Crippen MR) is 130 cm³/mol. The third-order valence-corrected chi connectivity index (χ3v) is 8.05. The Bertz CT molecular complexity index is 920. The Morgan fingerprint density at radius 2 is 1.86 bits per heavy atom. The summed E-state index contributed by atoms with van der Waals surface area (Å²) in [4.78, 5) is 46.5. The lowest BCUT2D eigenvalue weighted by atomic mass is 9.77. The second-order valence-corrected chi connectivity index (χ2v) is 10.5. The number of nitrogens with one attached hydrogen (secondary N) is 1. The fraction of sp³-hybridized carbons (Fsp3) is 0.692. The minimum Gasteiger partial charge on any atom is -0.478 e. The number of carboxylic acids is 1. The maximum absolute atomic E-state index is 13.7. The molecule has 2 saturated heterocycles. The van der Waals surface area contributed by atoms with Crippen LogP contribution >= 0.6 is 0 Å². The minimum absolute atomic E-state index is 0.0589. The van der Waals surface area contributed by atoms with E-state index in [-0.39, 0.29) is 17.4 Å². The van der Waals surface area contributed by atoms with E-state index in [0.29, 0.717) is 58.3 Å². The first-order valence-electron chi connectivity index (χ1n) is 13.0. The molecule has 1 atom stereocenters. The van der Waals surface area contributed by atoms with Crippen molar-refractivity contribution in [1.29, 1.82) is 0 Å². The summed E-state index contributed by atoms with van der Waals surface area (Å²) in [5, 5.41) is 23.1. The van der Waals surface area contributed by atoms with E-state index in [9.17, 15) is 19.5 Å². The molecule has 4 rings (SSSR count). The summed E-state index contributed by atoms with van der Waals surface area (Å²) >= 11 is 0. The standard InChI is InChI=1S/C26H38N4O5/c1-2-3-13-30-22(31)21(16-25(35)9-5-4-6-10-25)28-24(34)26(30)11-14-29(15-12-26)18-20-8-7-19(17-27-20)23(32)33/h7-8,17,21,35H,2-6,9-16,18H2,1H3,(H,28,34)(H,32,33)/t21-/m1/s1. The highest BCUT2D eigenvalue weighted by Crippen LogP contribution is 2.37. The van der Waals surface area contributed by atoms with Crippen molar-refractivity contribution in [1.82, 2.24) is 20.1 Å². The van der Waals surface area contributed by atoms with Crippen LogP contribution < -0.4 is 5.32 Å². The molecule has 35 heavy (non-hydrogen) atoms. The number of rotatable bonds is 8. The molecule has 0 bridgehead atoms. The number of carboxylic acid groups (broad SMARTS) is 1. The summed E-state index contributed by atoms with van der Waals surface area (Å²) in [6.45, 7) is 4.47. The zero-order valence-electron chi connectivity index (χ0n) is 20.7. The highest BCUT2D eigenvalue weighted by molar-refractivity contribution is 6.00. The molecule has 0 aromatic carbocycles. The maximum Gasteiger partial charge on any atom is 0.337 e. The van der Waals surface area contributed by atoms with E-state index in [2.05, 4.69) is 22.1 Å². The fourth-order valence-electron chi connectivity index (χ4n) is 5.90. The smallest absolute Gasteiger partial charge is 0.337 e. The van der Waals surface area contributed by atoms with E-state index in [1.807, 2.05) is 4.90 Å². The Hall–Kier alpha value is -2.52. The number of aliphatic hydroxyl groups is 1. The van der Waals surface area contributed by atoms with Crippen molar-refractivity contribution in [3.8, 4) is 0 Å². The Kier molecular flexibility index (Phi) is 7.76. The van der Waals surface area contributed by atoms with Crippen LogP contribution in [0.3, 0.4) is 0 Å². The van der Waals surface area contributed by atoms with E-state index in [1.54, 1.807) is 12.1 Å². The van der Waals surface area contributed by atoms with Gasteiger partial charge in [0.1, 0.15) is 11.6 Å². The van der Waals surface area contributed by atoms with Gasteiger partial charge in [-0.3, -0.25) is 19.5 Å². The van der Waals surface area contributed by atoms with E-state index in [0.717, 1.165) is 37.8 Å². The summed E-state index contributed by atoms with van der Waals surface area (Å²) < 4.78 is 0. The molecule has 9 heteroatoms. The number of piperidine rings is 1. The minimum atomic E-state index is -1.00. The molecule has 2 aliphatic heterocycles. The highest BCUT2D eigenvalue weighted by atomic mass is 16.4. The molecule has 192 valence electrons. The molecule has 3 aliphatic rings. The number of amides is 2. The number of nitrogens with zero attached hydrogens (tertiary/aromatic N) is 3. The molecule has 2 amide bonds. The first kappa shape index (κ1) is 25.6. The number of hydrogen-bond acceptors (Lipinski definition) is 6. The average Bonchev–Trinajstić information content (AvgIpc) is 2.84. The van der Waals surface area contributed by atoms with Gasteiger partial charge in [-0.25, -0.2) is 4.79 Å². The molecule has 3 fully saturated rings. The topological polar surface area (TPSA) is 123 Å². The Morgan fingerprint density at radius 3 is 2.46 bits per heavy atom. The SMILES string of the molecule is CCCCN1C(=O)[C@@H](CC2(O)CCCCC2)NC(=O)C12CCN(Cc1ccc(C(=O)O)cn1)CC2. The van der Waals surface area contributed by atoms with Crippen molar-refractivity contribution in [3.63, 3.8) is 0 Å². The van der Waals surface area contributed by atoms with Crippen LogP contribution in [0.5, 0.6) is 0 Å². The largest absolute Gasteiger partial charge is 0.478 e. The van der Waals surface area contributed by atoms with Crippen LogP contribution in [0.2, 0.25) is 0 Å². The van der Waals surface area contributed by atoms with Crippen molar-refractivity contribution in [2.45, 2.75) is 94.9 Å². The van der Waals surface area contributed by atoms with Gasteiger partial charge in [0.15, 0.2) is 0 Å². The normalized spacial score (nSPS) is 24.4. The lowest BCUT2D eigenvalue weighted by Crippen LogP contribution is -2.73. The number of carbonyl (C=O) groups excluding carboxylic acids is 2. The van der Waals surface area contributed by atoms with Gasteiger partial charge in [0.25, 0.3) is 0 Å². The van der Waals surface area contributed by atoms with Crippen molar-refractivity contribution in [3.05, 3.63) is 29.6 Å². The third kappa shape index (κ3) is 5.51. The van der Waals surface area contributed by atoms with Gasteiger partial charge in [0.05, 0.1) is 16.9 Å². The zero-order chi connectivity index (χ0) is 25.1. The Balaban J connectivity index is 1.44. The summed E-state index contributed by atoms with van der Waals surface area (Å²) in [6.07, 6.45) is 8.89. The maximum atomic E-state index is 13.7. The zero-order valence-corrected chi connectivity index (χ0v) is 20.7. The Morgan fingerprint density at radius 1 is 1.14 bits per heavy atom. The second-order valence-electron chi connectivity index (χ2n) is 10.5. The quantitative estimate of drug-likeness (QED) is 0.515. The lowest BCUT2D eigenvalue weighted by molar-refractivity contribution is -0.163. The van der Waals surface area contributed by atoms with Crippen molar-refractivity contribution < 1.29 is 24.6 Å². The van der Waals surface area contributed by atoms with Crippen LogP contribution in [-0.4, -0.2) is 79.6 Å². The van der Waals surface area contributed by atoms with Crippen molar-refractivity contribution in [2.75, 3.05) is 19.6 Å². The number of carbonyl (C=O) groups is 3. The molecule has 0 radical (unpaired) electrons. The highest BCUT2D eigenvalue weighted by Gasteiger charge is 2.54. The number of unbranched alkanes of at least 4 members (excludes halogenated alkanes) is 1. The van der Waals surface area contributed by atoms with Crippen LogP contribution in [-0.2, 0) is 16.1 Å². The molecule has 1 spiro atoms. The molecule has 0 unspecified atom stereocenters. The summed E-state index contributed by atoms with van der Waals surface area (Å²) in [7, 11) is 0. The number of aromatic nitrogens is 1. The molecular formula is C26H38N4O5. The number of pyridine rings is 1. The monoisotopic (exact) mass is 486 g/mol. The molecule has 3 N–H and O–H groups in total. The Labute approximate surface area is 206 Å². The molecular weight excluding hydrogens is 448 g/mol. The van der Waals surface area contributed by atoms with Crippen LogP contribution in [0, 0.1) is 0 Å².